The first-order valence-corrected chi connectivity index (χ1v) is 8.34. The molecule has 1 heterocycles. The van der Waals surface area contributed by atoms with Crippen LogP contribution in [-0.4, -0.2) is 22.2 Å². The molecule has 0 aliphatic carbocycles. The molecule has 3 N–H and O–H groups in total. The van der Waals surface area contributed by atoms with Crippen LogP contribution in [0.4, 0.5) is 11.4 Å². The molecule has 0 fully saturated rings. The van der Waals surface area contributed by atoms with Gasteiger partial charge in [-0.1, -0.05) is 30.3 Å². The standard InChI is InChI=1S/C19H17N5OS/c1-13(25)22-16-9-7-14(8-10-16)12-21-24-19(26)23-17-6-2-4-15-5-3-11-20-18(15)17/h2-12H,1H3,(H,22,25)(H2,23,24,26)/b21-12-. The van der Waals surface area contributed by atoms with E-state index >= 15 is 0 Å². The van der Waals surface area contributed by atoms with Crippen molar-refractivity contribution < 1.29 is 4.79 Å². The zero-order valence-electron chi connectivity index (χ0n) is 14.1. The highest BCUT2D eigenvalue weighted by Gasteiger charge is 2.03. The van der Waals surface area contributed by atoms with Crippen LogP contribution in [0.2, 0.25) is 0 Å². The second-order valence-corrected chi connectivity index (χ2v) is 5.92. The summed E-state index contributed by atoms with van der Waals surface area (Å²) in [5, 5.41) is 11.3. The number of anilines is 2. The zero-order valence-corrected chi connectivity index (χ0v) is 14.9. The van der Waals surface area contributed by atoms with Gasteiger partial charge in [0.2, 0.25) is 5.91 Å². The van der Waals surface area contributed by atoms with Crippen LogP contribution in [0.25, 0.3) is 10.9 Å². The summed E-state index contributed by atoms with van der Waals surface area (Å²) in [7, 11) is 0. The molecule has 1 aromatic heterocycles. The monoisotopic (exact) mass is 363 g/mol. The van der Waals surface area contributed by atoms with Gasteiger partial charge in [-0.2, -0.15) is 5.10 Å². The number of hydrogen-bond acceptors (Lipinski definition) is 4. The quantitative estimate of drug-likeness (QED) is 0.376. The van der Waals surface area contributed by atoms with Crippen LogP contribution in [0.1, 0.15) is 12.5 Å². The number of hydrogen-bond donors (Lipinski definition) is 3. The minimum Gasteiger partial charge on any atom is -0.330 e. The summed E-state index contributed by atoms with van der Waals surface area (Å²) in [6.45, 7) is 1.47. The number of aromatic nitrogens is 1. The Morgan fingerprint density at radius 3 is 2.62 bits per heavy atom. The number of thiocarbonyl (C=S) groups is 1. The van der Waals surface area contributed by atoms with E-state index in [1.165, 1.54) is 6.92 Å². The van der Waals surface area contributed by atoms with Gasteiger partial charge in [0.1, 0.15) is 0 Å². The van der Waals surface area contributed by atoms with E-state index in [-0.39, 0.29) is 5.91 Å². The fourth-order valence-corrected chi connectivity index (χ4v) is 2.54. The zero-order chi connectivity index (χ0) is 18.4. The minimum atomic E-state index is -0.104. The first kappa shape index (κ1) is 17.5. The molecular formula is C19H17N5OS. The molecule has 0 saturated carbocycles. The summed E-state index contributed by atoms with van der Waals surface area (Å²) in [5.41, 5.74) is 6.06. The number of rotatable bonds is 4. The minimum absolute atomic E-state index is 0.104. The molecule has 0 bridgehead atoms. The third kappa shape index (κ3) is 4.61. The number of pyridine rings is 1. The maximum atomic E-state index is 11.0. The SMILES string of the molecule is CC(=O)Nc1ccc(/C=N\NC(=S)Nc2cccc3cccnc23)cc1. The third-order valence-electron chi connectivity index (χ3n) is 3.49. The Bertz CT molecular complexity index is 964. The van der Waals surface area contributed by atoms with Crippen molar-refractivity contribution in [2.24, 2.45) is 5.10 Å². The van der Waals surface area contributed by atoms with Crippen molar-refractivity contribution in [2.75, 3.05) is 10.6 Å². The van der Waals surface area contributed by atoms with Gasteiger partial charge < -0.3 is 10.6 Å². The molecule has 0 aliphatic rings. The van der Waals surface area contributed by atoms with E-state index in [0.29, 0.717) is 5.11 Å². The van der Waals surface area contributed by atoms with Crippen molar-refractivity contribution in [2.45, 2.75) is 6.92 Å². The van der Waals surface area contributed by atoms with E-state index in [4.69, 9.17) is 12.2 Å². The van der Waals surface area contributed by atoms with Gasteiger partial charge in [0, 0.05) is 24.2 Å². The fraction of sp³-hybridized carbons (Fsp3) is 0.0526. The van der Waals surface area contributed by atoms with E-state index in [9.17, 15) is 4.79 Å². The molecule has 3 rings (SSSR count). The van der Waals surface area contributed by atoms with E-state index in [2.05, 4.69) is 26.1 Å². The molecule has 26 heavy (non-hydrogen) atoms. The smallest absolute Gasteiger partial charge is 0.221 e. The number of carbonyl (C=O) groups excluding carboxylic acids is 1. The normalized spacial score (nSPS) is 10.7. The molecule has 130 valence electrons. The second kappa shape index (κ2) is 8.17. The average Bonchev–Trinajstić information content (AvgIpc) is 2.63. The maximum Gasteiger partial charge on any atom is 0.221 e. The topological polar surface area (TPSA) is 78.4 Å². The van der Waals surface area contributed by atoms with Gasteiger partial charge in [-0.15, -0.1) is 0 Å². The van der Waals surface area contributed by atoms with Gasteiger partial charge in [-0.3, -0.25) is 15.2 Å². The van der Waals surface area contributed by atoms with Gasteiger partial charge in [-0.25, -0.2) is 0 Å². The number of carbonyl (C=O) groups is 1. The molecule has 2 aromatic carbocycles. The van der Waals surface area contributed by atoms with Crippen molar-refractivity contribution in [3.8, 4) is 0 Å². The summed E-state index contributed by atoms with van der Waals surface area (Å²) in [6, 6.07) is 17.0. The predicted octanol–water partition coefficient (Wildman–Crippen LogP) is 3.51. The Morgan fingerprint density at radius 2 is 1.85 bits per heavy atom. The largest absolute Gasteiger partial charge is 0.330 e. The van der Waals surface area contributed by atoms with Crippen molar-refractivity contribution in [3.63, 3.8) is 0 Å². The number of nitrogens with zero attached hydrogens (tertiary/aromatic N) is 2. The van der Waals surface area contributed by atoms with Gasteiger partial charge >= 0.3 is 0 Å². The molecule has 7 heteroatoms. The highest BCUT2D eigenvalue weighted by Crippen LogP contribution is 2.20. The van der Waals surface area contributed by atoms with E-state index in [0.717, 1.165) is 27.8 Å². The Balaban J connectivity index is 1.60. The lowest BCUT2D eigenvalue weighted by atomic mass is 10.2. The molecule has 0 radical (unpaired) electrons. The summed E-state index contributed by atoms with van der Waals surface area (Å²) in [6.07, 6.45) is 3.39. The number of benzene rings is 2. The van der Waals surface area contributed by atoms with Crippen molar-refractivity contribution in [1.29, 1.82) is 0 Å². The molecule has 0 aliphatic heterocycles. The highest BCUT2D eigenvalue weighted by atomic mass is 32.1. The van der Waals surface area contributed by atoms with Crippen LogP contribution in [0.5, 0.6) is 0 Å². The molecule has 1 amide bonds. The first-order valence-electron chi connectivity index (χ1n) is 7.93. The number of nitrogens with one attached hydrogen (secondary N) is 3. The fourth-order valence-electron chi connectivity index (χ4n) is 2.38. The molecule has 0 unspecified atom stereocenters. The number of para-hydroxylation sites is 1. The van der Waals surface area contributed by atoms with Crippen LogP contribution < -0.4 is 16.1 Å². The van der Waals surface area contributed by atoms with Gasteiger partial charge in [-0.05, 0) is 42.0 Å². The Morgan fingerprint density at radius 1 is 1.08 bits per heavy atom. The Labute approximate surface area is 156 Å². The summed E-state index contributed by atoms with van der Waals surface area (Å²) >= 11 is 5.27. The van der Waals surface area contributed by atoms with Crippen LogP contribution in [-0.2, 0) is 4.79 Å². The lowest BCUT2D eigenvalue weighted by Gasteiger charge is -2.09. The molecular weight excluding hydrogens is 346 g/mol. The van der Waals surface area contributed by atoms with Crippen LogP contribution in [0, 0.1) is 0 Å². The summed E-state index contributed by atoms with van der Waals surface area (Å²) in [4.78, 5) is 15.4. The van der Waals surface area contributed by atoms with E-state index in [1.54, 1.807) is 24.5 Å². The lowest BCUT2D eigenvalue weighted by Crippen LogP contribution is -2.24. The molecule has 0 atom stereocenters. The van der Waals surface area contributed by atoms with Crippen LogP contribution >= 0.6 is 12.2 Å². The predicted molar refractivity (Wildman–Crippen MR) is 109 cm³/mol. The van der Waals surface area contributed by atoms with Crippen LogP contribution in [0.15, 0.2) is 65.9 Å². The van der Waals surface area contributed by atoms with Gasteiger partial charge in [0.05, 0.1) is 17.4 Å². The van der Waals surface area contributed by atoms with Crippen molar-refractivity contribution in [1.82, 2.24) is 10.4 Å². The highest BCUT2D eigenvalue weighted by molar-refractivity contribution is 7.80. The van der Waals surface area contributed by atoms with Gasteiger partial charge in [0.15, 0.2) is 5.11 Å². The number of fused-ring (bicyclic) bond motifs is 1. The average molecular weight is 363 g/mol. The molecule has 6 nitrogen and oxygen atoms in total. The lowest BCUT2D eigenvalue weighted by molar-refractivity contribution is -0.114. The Hall–Kier alpha value is -3.32. The van der Waals surface area contributed by atoms with Crippen LogP contribution in [0.3, 0.4) is 0 Å². The molecule has 0 spiro atoms. The summed E-state index contributed by atoms with van der Waals surface area (Å²) in [5.74, 6) is -0.104. The van der Waals surface area contributed by atoms with Gasteiger partial charge in [0.25, 0.3) is 0 Å². The number of hydrazone groups is 1. The molecule has 3 aromatic rings. The maximum absolute atomic E-state index is 11.0. The third-order valence-corrected chi connectivity index (χ3v) is 3.69. The first-order chi connectivity index (χ1) is 12.6. The van der Waals surface area contributed by atoms with Crippen molar-refractivity contribution >= 4 is 51.7 Å². The van der Waals surface area contributed by atoms with E-state index < -0.39 is 0 Å². The molecule has 0 saturated heterocycles. The second-order valence-electron chi connectivity index (χ2n) is 5.51. The van der Waals surface area contributed by atoms with Crippen molar-refractivity contribution in [3.05, 3.63) is 66.4 Å². The summed E-state index contributed by atoms with van der Waals surface area (Å²) < 4.78 is 0. The number of amides is 1. The Kier molecular flexibility index (Phi) is 5.50. The van der Waals surface area contributed by atoms with E-state index in [1.807, 2.05) is 42.5 Å².